The first kappa shape index (κ1) is 35.5. The van der Waals surface area contributed by atoms with E-state index in [4.69, 9.17) is 16.3 Å². The molecule has 4 saturated heterocycles. The number of likely N-dealkylation sites (tertiary alicyclic amines) is 1. The molecule has 2 bridgehead atoms. The molecule has 5 aliphatic heterocycles. The quantitative estimate of drug-likeness (QED) is 0.252. The first-order valence-corrected chi connectivity index (χ1v) is 19.9. The number of sulfone groups is 1. The van der Waals surface area contributed by atoms with Gasteiger partial charge in [0.2, 0.25) is 0 Å². The Morgan fingerprint density at radius 2 is 1.80 bits per heavy atom. The molecule has 4 aromatic rings. The summed E-state index contributed by atoms with van der Waals surface area (Å²) < 4.78 is 30.6. The van der Waals surface area contributed by atoms with Crippen molar-refractivity contribution < 1.29 is 22.7 Å². The third-order valence-corrected chi connectivity index (χ3v) is 13.0. The Labute approximate surface area is 305 Å². The number of fused-ring (bicyclic) bond motifs is 5. The number of carbonyl (C=O) groups excluding carboxylic acids is 2. The predicted octanol–water partition coefficient (Wildman–Crippen LogP) is 5.34. The van der Waals surface area contributed by atoms with E-state index in [0.29, 0.717) is 45.3 Å². The number of ether oxygens (including phenoxy) is 1. The van der Waals surface area contributed by atoms with Gasteiger partial charge in [-0.25, -0.2) is 8.42 Å². The van der Waals surface area contributed by atoms with E-state index in [0.717, 1.165) is 50.0 Å². The number of aromatic nitrogens is 1. The van der Waals surface area contributed by atoms with Crippen LogP contribution in [0.4, 0.5) is 5.69 Å². The Hall–Kier alpha value is -3.90. The topological polar surface area (TPSA) is 115 Å². The van der Waals surface area contributed by atoms with Gasteiger partial charge in [0.15, 0.2) is 22.2 Å². The lowest BCUT2D eigenvalue weighted by molar-refractivity contribution is -0.121. The molecule has 1 aromatic heterocycles. The molecule has 4 fully saturated rings. The van der Waals surface area contributed by atoms with Gasteiger partial charge in [0, 0.05) is 47.8 Å². The average Bonchev–Trinajstić information content (AvgIpc) is 3.75. The Morgan fingerprint density at radius 3 is 2.51 bits per heavy atom. The summed E-state index contributed by atoms with van der Waals surface area (Å²) in [6.45, 7) is 4.26. The maximum atomic E-state index is 12.8. The van der Waals surface area contributed by atoms with Crippen molar-refractivity contribution in [1.82, 2.24) is 20.1 Å². The van der Waals surface area contributed by atoms with E-state index in [2.05, 4.69) is 45.5 Å². The summed E-state index contributed by atoms with van der Waals surface area (Å²) in [5, 5.41) is 4.79. The van der Waals surface area contributed by atoms with Crippen molar-refractivity contribution in [2.24, 2.45) is 5.92 Å². The molecule has 1 unspecified atom stereocenters. The maximum absolute atomic E-state index is 12.8. The zero-order chi connectivity index (χ0) is 35.7. The number of aryl methyl sites for hydroxylation is 1. The van der Waals surface area contributed by atoms with Gasteiger partial charge in [-0.3, -0.25) is 9.59 Å². The molecule has 5 aliphatic rings. The predicted molar refractivity (Wildman–Crippen MR) is 201 cm³/mol. The third kappa shape index (κ3) is 7.82. The van der Waals surface area contributed by atoms with Gasteiger partial charge in [-0.2, -0.15) is 0 Å². The molecule has 0 aliphatic carbocycles. The molecular weight excluding hydrogens is 686 g/mol. The highest BCUT2D eigenvalue weighted by Crippen LogP contribution is 2.38. The van der Waals surface area contributed by atoms with Gasteiger partial charge < -0.3 is 29.7 Å². The highest BCUT2D eigenvalue weighted by atomic mass is 35.5. The van der Waals surface area contributed by atoms with E-state index < -0.39 is 9.84 Å². The number of H-pyrrole nitrogens is 1. The number of amides is 2. The van der Waals surface area contributed by atoms with Crippen LogP contribution in [0.25, 0.3) is 10.9 Å². The van der Waals surface area contributed by atoms with Crippen molar-refractivity contribution in [2.75, 3.05) is 57.5 Å². The van der Waals surface area contributed by atoms with E-state index in [9.17, 15) is 18.0 Å². The largest absolute Gasteiger partial charge is 0.481 e. The fraction of sp³-hybridized carbons (Fsp3) is 0.436. The van der Waals surface area contributed by atoms with Crippen LogP contribution in [0.2, 0.25) is 5.02 Å². The second-order valence-electron chi connectivity index (χ2n) is 14.3. The van der Waals surface area contributed by atoms with Gasteiger partial charge in [0.1, 0.15) is 0 Å². The average molecular weight is 732 g/mol. The molecule has 2 N–H and O–H groups in total. The number of hydrogen-bond donors (Lipinski definition) is 2. The van der Waals surface area contributed by atoms with Crippen LogP contribution in [0.3, 0.4) is 0 Å². The highest BCUT2D eigenvalue weighted by molar-refractivity contribution is 7.91. The van der Waals surface area contributed by atoms with Crippen LogP contribution in [0.5, 0.6) is 5.75 Å². The van der Waals surface area contributed by atoms with E-state index in [1.165, 1.54) is 35.2 Å². The lowest BCUT2D eigenvalue weighted by atomic mass is 9.84. The number of carbonyl (C=O) groups is 2. The molecule has 0 spiro atoms. The SMILES string of the molecule is CN1C(=O)COc2c(C(=O)NC3CN4CCC3CC4)cc(Cl)cc21.CN1CCC[C@@H]1Cc1c[nH]c2ccc(CCS(=O)(=O)c3ccccc3)cc12. The van der Waals surface area contributed by atoms with E-state index >= 15 is 0 Å². The van der Waals surface area contributed by atoms with Crippen LogP contribution >= 0.6 is 11.6 Å². The van der Waals surface area contributed by atoms with Crippen molar-refractivity contribution in [1.29, 1.82) is 0 Å². The molecule has 0 radical (unpaired) electrons. The first-order valence-electron chi connectivity index (χ1n) is 17.9. The van der Waals surface area contributed by atoms with Gasteiger partial charge in [0.05, 0.1) is 21.9 Å². The van der Waals surface area contributed by atoms with Gasteiger partial charge in [-0.15, -0.1) is 0 Å². The number of nitrogens with zero attached hydrogens (tertiary/aromatic N) is 3. The zero-order valence-corrected chi connectivity index (χ0v) is 30.8. The van der Waals surface area contributed by atoms with Gasteiger partial charge in [-0.05, 0) is 119 Å². The second kappa shape index (κ2) is 15.0. The van der Waals surface area contributed by atoms with Gasteiger partial charge >= 0.3 is 0 Å². The molecule has 9 rings (SSSR count). The Bertz CT molecular complexity index is 2010. The first-order chi connectivity index (χ1) is 24.6. The second-order valence-corrected chi connectivity index (χ2v) is 16.9. The van der Waals surface area contributed by atoms with Crippen LogP contribution in [-0.4, -0.2) is 99.7 Å². The molecule has 12 heteroatoms. The number of benzene rings is 3. The minimum atomic E-state index is -3.25. The third-order valence-electron chi connectivity index (χ3n) is 11.0. The number of halogens is 1. The maximum Gasteiger partial charge on any atom is 0.264 e. The Balaban J connectivity index is 0.000000160. The fourth-order valence-corrected chi connectivity index (χ4v) is 9.45. The van der Waals surface area contributed by atoms with Crippen molar-refractivity contribution in [3.05, 3.63) is 88.6 Å². The van der Waals surface area contributed by atoms with E-state index in [1.54, 1.807) is 43.4 Å². The highest BCUT2D eigenvalue weighted by Gasteiger charge is 2.36. The summed E-state index contributed by atoms with van der Waals surface area (Å²) in [7, 11) is 0.614. The van der Waals surface area contributed by atoms with Crippen LogP contribution in [-0.2, 0) is 27.5 Å². The summed E-state index contributed by atoms with van der Waals surface area (Å²) in [5.41, 5.74) is 4.46. The molecule has 6 heterocycles. The number of rotatable bonds is 8. The number of likely N-dealkylation sites (N-methyl/N-ethyl adjacent to an activating group) is 2. The van der Waals surface area contributed by atoms with Crippen molar-refractivity contribution in [3.63, 3.8) is 0 Å². The van der Waals surface area contributed by atoms with Gasteiger partial charge in [-0.1, -0.05) is 35.9 Å². The summed E-state index contributed by atoms with van der Waals surface area (Å²) in [4.78, 5) is 34.7. The lowest BCUT2D eigenvalue weighted by Crippen LogP contribution is -2.57. The molecule has 10 nitrogen and oxygen atoms in total. The van der Waals surface area contributed by atoms with Gasteiger partial charge in [0.25, 0.3) is 11.8 Å². The van der Waals surface area contributed by atoms with Crippen molar-refractivity contribution >= 4 is 49.8 Å². The van der Waals surface area contributed by atoms with Crippen LogP contribution in [0.1, 0.15) is 47.2 Å². The summed E-state index contributed by atoms with van der Waals surface area (Å²) >= 11 is 6.16. The summed E-state index contributed by atoms with van der Waals surface area (Å²) in [5.74, 6) is 0.761. The normalized spacial score (nSPS) is 23.0. The van der Waals surface area contributed by atoms with E-state index in [-0.39, 0.29) is 30.2 Å². The van der Waals surface area contributed by atoms with E-state index in [1.807, 2.05) is 12.1 Å². The molecule has 2 atom stereocenters. The number of aromatic amines is 1. The molecular formula is C39H46ClN5O5S. The molecule has 2 amide bonds. The van der Waals surface area contributed by atoms with Crippen molar-refractivity contribution in [2.45, 2.75) is 55.5 Å². The Kier molecular flexibility index (Phi) is 10.4. The van der Waals surface area contributed by atoms with Crippen molar-refractivity contribution in [3.8, 4) is 5.75 Å². The monoisotopic (exact) mass is 731 g/mol. The minimum absolute atomic E-state index is 0.0642. The molecule has 0 saturated carbocycles. The summed E-state index contributed by atoms with van der Waals surface area (Å²) in [6, 6.07) is 19.0. The zero-order valence-electron chi connectivity index (χ0n) is 29.2. The van der Waals surface area contributed by atoms with Crippen LogP contribution in [0.15, 0.2) is 71.8 Å². The smallest absolute Gasteiger partial charge is 0.264 e. The molecule has 3 aromatic carbocycles. The standard InChI is InChI=1S/C22H26N2O2S.C17H20ClN3O3/c1-24-12-5-6-19(24)15-18-16-23-22-10-9-17(14-21(18)22)11-13-27(25,26)20-7-3-2-4-8-20;1-20-14-7-11(18)6-12(16(14)24-9-15(20)22)17(23)19-13-8-21-4-2-10(13)3-5-21/h2-4,7-10,14,16,19,23H,5-6,11-13,15H2,1H3;6-7,10,13H,2-5,8-9H2,1H3,(H,19,23)/t19-;/m1./s1. The molecule has 51 heavy (non-hydrogen) atoms. The Morgan fingerprint density at radius 1 is 1.02 bits per heavy atom. The number of nitrogens with one attached hydrogen (secondary N) is 2. The fourth-order valence-electron chi connectivity index (χ4n) is 7.93. The number of hydrogen-bond acceptors (Lipinski definition) is 7. The number of anilines is 1. The van der Waals surface area contributed by atoms with Crippen LogP contribution in [0, 0.1) is 5.92 Å². The lowest BCUT2D eigenvalue weighted by Gasteiger charge is -2.45. The summed E-state index contributed by atoms with van der Waals surface area (Å²) in [6.07, 6.45) is 8.47. The van der Waals surface area contributed by atoms with Crippen LogP contribution < -0.4 is 15.0 Å². The molecule has 270 valence electrons. The minimum Gasteiger partial charge on any atom is -0.481 e. The number of piperidine rings is 3.